The first-order chi connectivity index (χ1) is 10.7. The fourth-order valence-electron chi connectivity index (χ4n) is 1.91. The van der Waals surface area contributed by atoms with E-state index in [0.717, 1.165) is 18.7 Å². The van der Waals surface area contributed by atoms with Crippen molar-refractivity contribution in [1.82, 2.24) is 20.8 Å². The van der Waals surface area contributed by atoms with E-state index in [4.69, 9.17) is 9.26 Å². The van der Waals surface area contributed by atoms with Gasteiger partial charge in [-0.15, -0.1) is 24.0 Å². The van der Waals surface area contributed by atoms with E-state index in [1.807, 2.05) is 12.1 Å². The molecule has 0 unspecified atom stereocenters. The molecule has 2 N–H and O–H groups in total. The predicted octanol–water partition coefficient (Wildman–Crippen LogP) is 1.91. The second-order valence-corrected chi connectivity index (χ2v) is 4.68. The largest absolute Gasteiger partial charge is 0.497 e. The smallest absolute Gasteiger partial charge is 0.223 e. The van der Waals surface area contributed by atoms with E-state index in [-0.39, 0.29) is 24.0 Å². The van der Waals surface area contributed by atoms with Gasteiger partial charge in [-0.05, 0) is 24.1 Å². The maximum absolute atomic E-state index is 5.14. The third-order valence-corrected chi connectivity index (χ3v) is 3.07. The van der Waals surface area contributed by atoms with Crippen molar-refractivity contribution in [1.29, 1.82) is 0 Å². The van der Waals surface area contributed by atoms with Gasteiger partial charge in [0.25, 0.3) is 0 Å². The molecule has 7 nitrogen and oxygen atoms in total. The van der Waals surface area contributed by atoms with E-state index in [9.17, 15) is 0 Å². The summed E-state index contributed by atoms with van der Waals surface area (Å²) in [4.78, 5) is 8.28. The third-order valence-electron chi connectivity index (χ3n) is 3.07. The Morgan fingerprint density at radius 2 is 2.00 bits per heavy atom. The maximum Gasteiger partial charge on any atom is 0.223 e. The summed E-state index contributed by atoms with van der Waals surface area (Å²) < 4.78 is 10.1. The minimum Gasteiger partial charge on any atom is -0.497 e. The summed E-state index contributed by atoms with van der Waals surface area (Å²) in [5.74, 6) is 2.73. The summed E-state index contributed by atoms with van der Waals surface area (Å²) in [5, 5.41) is 10.2. The molecule has 23 heavy (non-hydrogen) atoms. The second-order valence-electron chi connectivity index (χ2n) is 4.68. The molecule has 0 saturated carbocycles. The number of hydrogen-bond donors (Lipinski definition) is 2. The minimum atomic E-state index is 0. The van der Waals surface area contributed by atoms with Gasteiger partial charge in [0.2, 0.25) is 5.89 Å². The number of guanidine groups is 1. The van der Waals surface area contributed by atoms with Crippen molar-refractivity contribution in [3.05, 3.63) is 41.5 Å². The molecule has 126 valence electrons. The minimum absolute atomic E-state index is 0. The SMILES string of the molecule is CN=C(NCCc1ccc(OC)cc1)NCc1noc(C)n1.I. The summed E-state index contributed by atoms with van der Waals surface area (Å²) in [6, 6.07) is 8.03. The van der Waals surface area contributed by atoms with Crippen LogP contribution in [0.15, 0.2) is 33.8 Å². The highest BCUT2D eigenvalue weighted by atomic mass is 127. The summed E-state index contributed by atoms with van der Waals surface area (Å²) in [7, 11) is 3.39. The quantitative estimate of drug-likeness (QED) is 0.413. The number of halogens is 1. The molecule has 1 aromatic heterocycles. The second kappa shape index (κ2) is 10.0. The van der Waals surface area contributed by atoms with Crippen molar-refractivity contribution in [3.63, 3.8) is 0 Å². The van der Waals surface area contributed by atoms with Gasteiger partial charge in [-0.25, -0.2) is 0 Å². The Balaban J connectivity index is 0.00000264. The Morgan fingerprint density at radius 3 is 2.57 bits per heavy atom. The number of rotatable bonds is 6. The normalized spacial score (nSPS) is 10.8. The van der Waals surface area contributed by atoms with Crippen LogP contribution in [0.2, 0.25) is 0 Å². The van der Waals surface area contributed by atoms with Crippen molar-refractivity contribution in [3.8, 4) is 5.75 Å². The molecule has 0 atom stereocenters. The van der Waals surface area contributed by atoms with Gasteiger partial charge in [-0.3, -0.25) is 4.99 Å². The molecule has 2 aromatic rings. The van der Waals surface area contributed by atoms with E-state index in [1.165, 1.54) is 5.56 Å². The Morgan fingerprint density at radius 1 is 1.26 bits per heavy atom. The number of aliphatic imine (C=N–C) groups is 1. The Labute approximate surface area is 152 Å². The third kappa shape index (κ3) is 6.43. The lowest BCUT2D eigenvalue weighted by Crippen LogP contribution is -2.38. The molecule has 0 radical (unpaired) electrons. The lowest BCUT2D eigenvalue weighted by atomic mass is 10.1. The van der Waals surface area contributed by atoms with E-state index in [2.05, 4.69) is 37.9 Å². The van der Waals surface area contributed by atoms with Crippen molar-refractivity contribution in [2.75, 3.05) is 20.7 Å². The lowest BCUT2D eigenvalue weighted by Gasteiger charge is -2.10. The van der Waals surface area contributed by atoms with Gasteiger partial charge < -0.3 is 19.9 Å². The highest BCUT2D eigenvalue weighted by molar-refractivity contribution is 14.0. The van der Waals surface area contributed by atoms with E-state index in [1.54, 1.807) is 21.1 Å². The van der Waals surface area contributed by atoms with Gasteiger partial charge in [0, 0.05) is 20.5 Å². The van der Waals surface area contributed by atoms with E-state index < -0.39 is 0 Å². The summed E-state index contributed by atoms with van der Waals surface area (Å²) in [6.45, 7) is 3.01. The Hall–Kier alpha value is -1.84. The molecule has 8 heteroatoms. The Kier molecular flexibility index (Phi) is 8.38. The molecule has 0 fully saturated rings. The van der Waals surface area contributed by atoms with Gasteiger partial charge in [0.1, 0.15) is 5.75 Å². The van der Waals surface area contributed by atoms with Gasteiger partial charge >= 0.3 is 0 Å². The number of nitrogens with zero attached hydrogens (tertiary/aromatic N) is 3. The number of hydrogen-bond acceptors (Lipinski definition) is 5. The molecule has 1 heterocycles. The zero-order valence-corrected chi connectivity index (χ0v) is 15.8. The molecule has 0 bridgehead atoms. The highest BCUT2D eigenvalue weighted by Crippen LogP contribution is 2.11. The van der Waals surface area contributed by atoms with E-state index >= 15 is 0 Å². The van der Waals surface area contributed by atoms with Crippen LogP contribution in [0.3, 0.4) is 0 Å². The van der Waals surface area contributed by atoms with Gasteiger partial charge in [0.05, 0.1) is 13.7 Å². The maximum atomic E-state index is 5.14. The van der Waals surface area contributed by atoms with Crippen molar-refractivity contribution < 1.29 is 9.26 Å². The number of aryl methyl sites for hydroxylation is 1. The van der Waals surface area contributed by atoms with E-state index in [0.29, 0.717) is 24.2 Å². The monoisotopic (exact) mass is 431 g/mol. The Bertz CT molecular complexity index is 613. The van der Waals surface area contributed by atoms with Crippen molar-refractivity contribution in [2.24, 2.45) is 4.99 Å². The van der Waals surface area contributed by atoms with Crippen LogP contribution in [0.5, 0.6) is 5.75 Å². The van der Waals surface area contributed by atoms with Crippen LogP contribution in [-0.2, 0) is 13.0 Å². The molecular weight excluding hydrogens is 409 g/mol. The fourth-order valence-corrected chi connectivity index (χ4v) is 1.91. The topological polar surface area (TPSA) is 84.6 Å². The zero-order valence-electron chi connectivity index (χ0n) is 13.5. The van der Waals surface area contributed by atoms with Crippen molar-refractivity contribution >= 4 is 29.9 Å². The lowest BCUT2D eigenvalue weighted by molar-refractivity contribution is 0.387. The molecule has 0 aliphatic rings. The first-order valence-corrected chi connectivity index (χ1v) is 7.08. The first kappa shape index (κ1) is 19.2. The van der Waals surface area contributed by atoms with Crippen LogP contribution < -0.4 is 15.4 Å². The van der Waals surface area contributed by atoms with Crippen LogP contribution in [0.1, 0.15) is 17.3 Å². The zero-order chi connectivity index (χ0) is 15.8. The standard InChI is InChI=1S/C15H21N5O2.HI/c1-11-19-14(20-22-11)10-18-15(16-2)17-9-8-12-4-6-13(21-3)7-5-12;/h4-7H,8-10H2,1-3H3,(H2,16,17,18);1H. The summed E-state index contributed by atoms with van der Waals surface area (Å²) in [5.41, 5.74) is 1.23. The molecule has 0 saturated heterocycles. The number of benzene rings is 1. The molecular formula is C15H22IN5O2. The number of ether oxygens (including phenoxy) is 1. The van der Waals surface area contributed by atoms with Crippen LogP contribution in [0.4, 0.5) is 0 Å². The van der Waals surface area contributed by atoms with Gasteiger partial charge in [0.15, 0.2) is 11.8 Å². The van der Waals surface area contributed by atoms with Crippen LogP contribution in [0.25, 0.3) is 0 Å². The summed E-state index contributed by atoms with van der Waals surface area (Å²) >= 11 is 0. The number of methoxy groups -OCH3 is 1. The fraction of sp³-hybridized carbons (Fsp3) is 0.400. The van der Waals surface area contributed by atoms with Crippen LogP contribution in [0, 0.1) is 6.92 Å². The van der Waals surface area contributed by atoms with Crippen LogP contribution in [-0.4, -0.2) is 36.8 Å². The van der Waals surface area contributed by atoms with Gasteiger partial charge in [-0.1, -0.05) is 17.3 Å². The molecule has 0 aliphatic heterocycles. The average Bonchev–Trinajstić information content (AvgIpc) is 2.96. The molecule has 2 rings (SSSR count). The van der Waals surface area contributed by atoms with Gasteiger partial charge in [-0.2, -0.15) is 4.98 Å². The average molecular weight is 431 g/mol. The van der Waals surface area contributed by atoms with Crippen LogP contribution >= 0.6 is 24.0 Å². The molecule has 0 aliphatic carbocycles. The highest BCUT2D eigenvalue weighted by Gasteiger charge is 2.03. The first-order valence-electron chi connectivity index (χ1n) is 7.08. The summed E-state index contributed by atoms with van der Waals surface area (Å²) in [6.07, 6.45) is 0.895. The molecule has 0 amide bonds. The number of nitrogens with one attached hydrogen (secondary N) is 2. The number of aromatic nitrogens is 2. The van der Waals surface area contributed by atoms with Crippen molar-refractivity contribution in [2.45, 2.75) is 19.9 Å². The molecule has 1 aromatic carbocycles. The predicted molar refractivity (Wildman–Crippen MR) is 99.3 cm³/mol. The molecule has 0 spiro atoms.